The topological polar surface area (TPSA) is 86.5 Å². The Bertz CT molecular complexity index is 245. The van der Waals surface area contributed by atoms with Crippen molar-refractivity contribution >= 4 is 18.2 Å². The van der Waals surface area contributed by atoms with Gasteiger partial charge < -0.3 is 10.5 Å². The summed E-state index contributed by atoms with van der Waals surface area (Å²) in [5.41, 5.74) is 4.87. The van der Waals surface area contributed by atoms with Crippen molar-refractivity contribution in [3.05, 3.63) is 11.6 Å². The summed E-state index contributed by atoms with van der Waals surface area (Å²) in [7, 11) is 0. The molecule has 0 aromatic rings. The van der Waals surface area contributed by atoms with E-state index in [1.165, 1.54) is 13.0 Å². The molecule has 0 unspecified atom stereocenters. The summed E-state index contributed by atoms with van der Waals surface area (Å²) < 4.78 is 4.28. The van der Waals surface area contributed by atoms with Gasteiger partial charge in [0.15, 0.2) is 6.29 Å². The van der Waals surface area contributed by atoms with Crippen LogP contribution in [0.15, 0.2) is 11.6 Å². The van der Waals surface area contributed by atoms with Gasteiger partial charge in [-0.2, -0.15) is 0 Å². The monoisotopic (exact) mass is 185 g/mol. The molecule has 13 heavy (non-hydrogen) atoms. The van der Waals surface area contributed by atoms with E-state index in [1.54, 1.807) is 0 Å². The Morgan fingerprint density at radius 1 is 1.46 bits per heavy atom. The molecule has 0 heterocycles. The summed E-state index contributed by atoms with van der Waals surface area (Å²) in [4.78, 5) is 31.8. The molecule has 0 radical (unpaired) electrons. The minimum absolute atomic E-state index is 0.0401. The Kier molecular flexibility index (Phi) is 5.38. The van der Waals surface area contributed by atoms with Crippen LogP contribution in [0, 0.1) is 0 Å². The zero-order chi connectivity index (χ0) is 10.3. The minimum Gasteiger partial charge on any atom is -0.389 e. The molecular formula is C8H11NO4. The first-order valence-corrected chi connectivity index (χ1v) is 3.72. The van der Waals surface area contributed by atoms with Gasteiger partial charge in [0.1, 0.15) is 0 Å². The van der Waals surface area contributed by atoms with Gasteiger partial charge in [-0.15, -0.1) is 0 Å². The predicted molar refractivity (Wildman–Crippen MR) is 44.6 cm³/mol. The molecule has 0 rings (SSSR count). The van der Waals surface area contributed by atoms with Crippen molar-refractivity contribution in [1.29, 1.82) is 0 Å². The minimum atomic E-state index is -0.934. The summed E-state index contributed by atoms with van der Waals surface area (Å²) in [5, 5.41) is 0. The molecular weight excluding hydrogens is 174 g/mol. The predicted octanol–water partition coefficient (Wildman–Crippen LogP) is -0.450. The largest absolute Gasteiger partial charge is 0.389 e. The molecule has 0 fully saturated rings. The number of esters is 2. The lowest BCUT2D eigenvalue weighted by Crippen LogP contribution is -2.17. The number of carbonyl (C=O) groups is 3. The van der Waals surface area contributed by atoms with E-state index < -0.39 is 11.9 Å². The maximum atomic E-state index is 10.9. The molecule has 2 N–H and O–H groups in total. The van der Waals surface area contributed by atoms with Crippen LogP contribution in [0.2, 0.25) is 0 Å². The fourth-order valence-electron chi connectivity index (χ4n) is 0.565. The Hall–Kier alpha value is -1.49. The molecule has 0 aliphatic heterocycles. The van der Waals surface area contributed by atoms with Gasteiger partial charge in [-0.25, -0.2) is 4.79 Å². The highest BCUT2D eigenvalue weighted by Gasteiger charge is 2.13. The van der Waals surface area contributed by atoms with Crippen molar-refractivity contribution in [2.75, 3.05) is 6.54 Å². The Balaban J connectivity index is 4.14. The van der Waals surface area contributed by atoms with E-state index >= 15 is 0 Å². The molecule has 5 heteroatoms. The molecule has 0 saturated carbocycles. The Morgan fingerprint density at radius 2 is 2.08 bits per heavy atom. The summed E-state index contributed by atoms with van der Waals surface area (Å²) in [5.74, 6) is -1.66. The summed E-state index contributed by atoms with van der Waals surface area (Å²) in [6.45, 7) is 1.61. The van der Waals surface area contributed by atoms with Gasteiger partial charge in [0, 0.05) is 6.54 Å². The highest BCUT2D eigenvalue weighted by Crippen LogP contribution is 1.95. The van der Waals surface area contributed by atoms with Crippen LogP contribution >= 0.6 is 0 Å². The molecule has 0 spiro atoms. The van der Waals surface area contributed by atoms with E-state index in [9.17, 15) is 14.4 Å². The Morgan fingerprint density at radius 3 is 2.46 bits per heavy atom. The normalized spacial score (nSPS) is 10.8. The zero-order valence-electron chi connectivity index (χ0n) is 7.28. The van der Waals surface area contributed by atoms with E-state index in [-0.39, 0.29) is 18.5 Å². The Labute approximate surface area is 75.5 Å². The zero-order valence-corrected chi connectivity index (χ0v) is 7.28. The fraction of sp³-hybridized carbons (Fsp3) is 0.375. The fourth-order valence-corrected chi connectivity index (χ4v) is 0.565. The van der Waals surface area contributed by atoms with Gasteiger partial charge in [-0.05, 0) is 6.92 Å². The molecule has 0 aromatic heterocycles. The van der Waals surface area contributed by atoms with Crippen molar-refractivity contribution in [3.8, 4) is 0 Å². The van der Waals surface area contributed by atoms with Crippen LogP contribution < -0.4 is 5.73 Å². The van der Waals surface area contributed by atoms with Crippen molar-refractivity contribution in [1.82, 2.24) is 0 Å². The van der Waals surface area contributed by atoms with Gasteiger partial charge in [0.2, 0.25) is 0 Å². The van der Waals surface area contributed by atoms with Gasteiger partial charge in [-0.3, -0.25) is 9.59 Å². The first kappa shape index (κ1) is 11.5. The lowest BCUT2D eigenvalue weighted by molar-refractivity contribution is -0.156. The smallest absolute Gasteiger partial charge is 0.348 e. The van der Waals surface area contributed by atoms with E-state index in [0.717, 1.165) is 0 Å². The molecule has 0 aromatic carbocycles. The number of rotatable bonds is 4. The molecule has 0 bridgehead atoms. The lowest BCUT2D eigenvalue weighted by Gasteiger charge is -1.99. The number of aldehydes is 1. The van der Waals surface area contributed by atoms with E-state index in [1.807, 2.05) is 0 Å². The van der Waals surface area contributed by atoms with E-state index in [0.29, 0.717) is 6.29 Å². The van der Waals surface area contributed by atoms with Crippen LogP contribution in [0.4, 0.5) is 0 Å². The lowest BCUT2D eigenvalue weighted by atomic mass is 10.3. The van der Waals surface area contributed by atoms with Crippen LogP contribution in [0.25, 0.3) is 0 Å². The number of allylic oxidation sites excluding steroid dienone is 1. The summed E-state index contributed by atoms with van der Waals surface area (Å²) >= 11 is 0. The van der Waals surface area contributed by atoms with E-state index in [4.69, 9.17) is 5.73 Å². The molecule has 0 aliphatic rings. The van der Waals surface area contributed by atoms with Crippen molar-refractivity contribution in [2.24, 2.45) is 5.73 Å². The third kappa shape index (κ3) is 4.17. The second-order valence-electron chi connectivity index (χ2n) is 2.16. The van der Waals surface area contributed by atoms with Crippen LogP contribution in [-0.2, 0) is 19.1 Å². The first-order chi connectivity index (χ1) is 6.15. The molecule has 5 nitrogen and oxygen atoms in total. The first-order valence-electron chi connectivity index (χ1n) is 3.72. The molecule has 0 saturated heterocycles. The van der Waals surface area contributed by atoms with Gasteiger partial charge in [0.05, 0.1) is 12.0 Å². The third-order valence-electron chi connectivity index (χ3n) is 1.23. The average Bonchev–Trinajstić information content (AvgIpc) is 2.06. The standard InChI is InChI=1S/C8H11NO4/c1-2-6(5-10)8(12)13-7(11)3-4-9/h2,5H,3-4,9H2,1H3/b6-2+. The van der Waals surface area contributed by atoms with Crippen LogP contribution in [0.1, 0.15) is 13.3 Å². The molecule has 72 valence electrons. The number of carbonyl (C=O) groups excluding carboxylic acids is 3. The maximum absolute atomic E-state index is 10.9. The highest BCUT2D eigenvalue weighted by atomic mass is 16.6. The number of hydrogen-bond acceptors (Lipinski definition) is 5. The van der Waals surface area contributed by atoms with Crippen LogP contribution in [0.3, 0.4) is 0 Å². The summed E-state index contributed by atoms with van der Waals surface area (Å²) in [6, 6.07) is 0. The molecule has 0 aliphatic carbocycles. The molecule has 0 atom stereocenters. The van der Waals surface area contributed by atoms with Gasteiger partial charge in [-0.1, -0.05) is 6.08 Å². The van der Waals surface area contributed by atoms with E-state index in [2.05, 4.69) is 4.74 Å². The second-order valence-corrected chi connectivity index (χ2v) is 2.16. The third-order valence-corrected chi connectivity index (χ3v) is 1.23. The maximum Gasteiger partial charge on any atom is 0.348 e. The van der Waals surface area contributed by atoms with Gasteiger partial charge >= 0.3 is 11.9 Å². The second kappa shape index (κ2) is 6.07. The SMILES string of the molecule is C/C=C(\C=O)C(=O)OC(=O)CCN. The van der Waals surface area contributed by atoms with Gasteiger partial charge in [0.25, 0.3) is 0 Å². The number of nitrogens with two attached hydrogens (primary N) is 1. The average molecular weight is 185 g/mol. The highest BCUT2D eigenvalue weighted by molar-refractivity contribution is 6.10. The van der Waals surface area contributed by atoms with Crippen LogP contribution in [-0.4, -0.2) is 24.8 Å². The summed E-state index contributed by atoms with van der Waals surface area (Å²) in [6.07, 6.45) is 1.56. The quantitative estimate of drug-likeness (QED) is 0.211. The number of ether oxygens (including phenoxy) is 1. The number of hydrogen-bond donors (Lipinski definition) is 1. The van der Waals surface area contributed by atoms with Crippen molar-refractivity contribution in [2.45, 2.75) is 13.3 Å². The van der Waals surface area contributed by atoms with Crippen molar-refractivity contribution in [3.63, 3.8) is 0 Å². The molecule has 0 amide bonds. The van der Waals surface area contributed by atoms with Crippen molar-refractivity contribution < 1.29 is 19.1 Å². The van der Waals surface area contributed by atoms with Crippen LogP contribution in [0.5, 0.6) is 0 Å².